The zero-order valence-corrected chi connectivity index (χ0v) is 12.9. The summed E-state index contributed by atoms with van der Waals surface area (Å²) in [4.78, 5) is 13.6. The van der Waals surface area contributed by atoms with E-state index in [2.05, 4.69) is 5.10 Å². The third-order valence-corrected chi connectivity index (χ3v) is 4.37. The molecule has 3 aromatic rings. The molecule has 0 radical (unpaired) electrons. The first kappa shape index (κ1) is 13.9. The van der Waals surface area contributed by atoms with Gasteiger partial charge in [0.05, 0.1) is 17.6 Å². The van der Waals surface area contributed by atoms with Crippen molar-refractivity contribution in [3.63, 3.8) is 0 Å². The van der Waals surface area contributed by atoms with Crippen molar-refractivity contribution in [1.82, 2.24) is 9.78 Å². The van der Waals surface area contributed by atoms with Crippen LogP contribution in [0.5, 0.6) is 0 Å². The van der Waals surface area contributed by atoms with Crippen molar-refractivity contribution in [2.75, 3.05) is 6.26 Å². The molecule has 0 spiro atoms. The van der Waals surface area contributed by atoms with Crippen LogP contribution < -0.4 is 0 Å². The third kappa shape index (κ3) is 2.59. The number of aromatic nitrogens is 2. The van der Waals surface area contributed by atoms with E-state index in [1.807, 2.05) is 66.5 Å². The van der Waals surface area contributed by atoms with E-state index in [0.29, 0.717) is 6.42 Å². The van der Waals surface area contributed by atoms with E-state index in [4.69, 9.17) is 0 Å². The molecule has 0 unspecified atom stereocenters. The summed E-state index contributed by atoms with van der Waals surface area (Å²) in [5.74, 6) is 0.115. The van der Waals surface area contributed by atoms with Crippen molar-refractivity contribution >= 4 is 28.4 Å². The number of hydrogen-bond donors (Lipinski definition) is 0. The summed E-state index contributed by atoms with van der Waals surface area (Å²) < 4.78 is 1.83. The molecular formula is C17H16N2OS. The van der Waals surface area contributed by atoms with Gasteiger partial charge in [-0.05, 0) is 18.4 Å². The minimum absolute atomic E-state index is 0.115. The van der Waals surface area contributed by atoms with Gasteiger partial charge in [-0.3, -0.25) is 9.48 Å². The zero-order valence-electron chi connectivity index (χ0n) is 12.0. The first-order valence-corrected chi connectivity index (χ1v) is 8.00. The lowest BCUT2D eigenvalue weighted by atomic mass is 10.0. The number of nitrogens with zero attached hydrogens (tertiary/aromatic N) is 2. The number of fused-ring (bicyclic) bond motifs is 1. The molecule has 3 rings (SSSR count). The highest BCUT2D eigenvalue weighted by Crippen LogP contribution is 2.23. The Morgan fingerprint density at radius 3 is 2.67 bits per heavy atom. The lowest BCUT2D eigenvalue weighted by Crippen LogP contribution is -2.06. The highest BCUT2D eigenvalue weighted by atomic mass is 32.2. The SMILES string of the molecule is CSc1ccccc1C(=O)Cc1nn(C)c2ccccc12. The van der Waals surface area contributed by atoms with Crippen LogP contribution in [0.2, 0.25) is 0 Å². The van der Waals surface area contributed by atoms with Crippen LogP contribution in [0, 0.1) is 0 Å². The van der Waals surface area contributed by atoms with E-state index in [1.54, 1.807) is 11.8 Å². The zero-order chi connectivity index (χ0) is 14.8. The van der Waals surface area contributed by atoms with E-state index < -0.39 is 0 Å². The van der Waals surface area contributed by atoms with Crippen molar-refractivity contribution in [3.05, 3.63) is 59.8 Å². The van der Waals surface area contributed by atoms with Crippen LogP contribution in [0.3, 0.4) is 0 Å². The van der Waals surface area contributed by atoms with Gasteiger partial charge >= 0.3 is 0 Å². The Hall–Kier alpha value is -2.07. The topological polar surface area (TPSA) is 34.9 Å². The molecule has 3 nitrogen and oxygen atoms in total. The molecule has 2 aromatic carbocycles. The third-order valence-electron chi connectivity index (χ3n) is 3.57. The molecule has 0 saturated heterocycles. The molecule has 0 bridgehead atoms. The Kier molecular flexibility index (Phi) is 3.80. The fourth-order valence-corrected chi connectivity index (χ4v) is 3.16. The Bertz CT molecular complexity index is 807. The standard InChI is InChI=1S/C17H16N2OS/c1-19-15-9-5-3-7-12(15)14(18-19)11-16(20)13-8-4-6-10-17(13)21-2/h3-10H,11H2,1-2H3. The normalized spacial score (nSPS) is 11.0. The van der Waals surface area contributed by atoms with Crippen LogP contribution in [0.25, 0.3) is 10.9 Å². The van der Waals surface area contributed by atoms with E-state index in [1.165, 1.54) is 0 Å². The van der Waals surface area contributed by atoms with E-state index in [9.17, 15) is 4.79 Å². The molecule has 21 heavy (non-hydrogen) atoms. The summed E-state index contributed by atoms with van der Waals surface area (Å²) in [5, 5.41) is 5.55. The van der Waals surface area contributed by atoms with Crippen LogP contribution in [-0.4, -0.2) is 21.8 Å². The summed E-state index contributed by atoms with van der Waals surface area (Å²) in [6.45, 7) is 0. The summed E-state index contributed by atoms with van der Waals surface area (Å²) >= 11 is 1.60. The molecule has 0 aliphatic carbocycles. The smallest absolute Gasteiger partial charge is 0.170 e. The molecule has 0 saturated carbocycles. The second-order valence-corrected chi connectivity index (χ2v) is 5.74. The Morgan fingerprint density at radius 1 is 1.14 bits per heavy atom. The lowest BCUT2D eigenvalue weighted by Gasteiger charge is -2.05. The van der Waals surface area contributed by atoms with Gasteiger partial charge in [0, 0.05) is 22.9 Å². The summed E-state index contributed by atoms with van der Waals surface area (Å²) in [6, 6.07) is 15.7. The summed E-state index contributed by atoms with van der Waals surface area (Å²) in [7, 11) is 1.91. The molecule has 0 N–H and O–H groups in total. The number of para-hydroxylation sites is 1. The van der Waals surface area contributed by atoms with Crippen LogP contribution in [-0.2, 0) is 13.5 Å². The van der Waals surface area contributed by atoms with E-state index in [-0.39, 0.29) is 5.78 Å². The highest BCUT2D eigenvalue weighted by Gasteiger charge is 2.15. The molecule has 106 valence electrons. The fourth-order valence-electron chi connectivity index (χ4n) is 2.54. The first-order valence-electron chi connectivity index (χ1n) is 6.77. The number of hydrogen-bond acceptors (Lipinski definition) is 3. The fraction of sp³-hybridized carbons (Fsp3) is 0.176. The quantitative estimate of drug-likeness (QED) is 0.543. The van der Waals surface area contributed by atoms with Gasteiger partial charge in [0.2, 0.25) is 0 Å². The predicted octanol–water partition coefficient (Wildman–Crippen LogP) is 3.72. The monoisotopic (exact) mass is 296 g/mol. The minimum Gasteiger partial charge on any atom is -0.294 e. The van der Waals surface area contributed by atoms with E-state index in [0.717, 1.165) is 27.1 Å². The maximum absolute atomic E-state index is 12.6. The number of thioether (sulfide) groups is 1. The molecule has 0 atom stereocenters. The maximum atomic E-state index is 12.6. The lowest BCUT2D eigenvalue weighted by molar-refractivity contribution is 0.0989. The molecule has 0 aliphatic heterocycles. The molecule has 1 aromatic heterocycles. The number of Topliss-reactive ketones (excluding diaryl/α,β-unsaturated/α-hetero) is 1. The van der Waals surface area contributed by atoms with Crippen LogP contribution in [0.15, 0.2) is 53.4 Å². The van der Waals surface area contributed by atoms with Crippen molar-refractivity contribution in [2.24, 2.45) is 7.05 Å². The first-order chi connectivity index (χ1) is 10.2. The second-order valence-electron chi connectivity index (χ2n) is 4.89. The summed E-state index contributed by atoms with van der Waals surface area (Å²) in [5.41, 5.74) is 2.67. The minimum atomic E-state index is 0.115. The van der Waals surface area contributed by atoms with Gasteiger partial charge in [0.25, 0.3) is 0 Å². The second kappa shape index (κ2) is 5.74. The molecule has 0 amide bonds. The molecule has 0 fully saturated rings. The van der Waals surface area contributed by atoms with Gasteiger partial charge in [-0.1, -0.05) is 36.4 Å². The Morgan fingerprint density at radius 2 is 1.86 bits per heavy atom. The Labute approximate surface area is 128 Å². The van der Waals surface area contributed by atoms with Gasteiger partial charge in [0.1, 0.15) is 0 Å². The highest BCUT2D eigenvalue weighted by molar-refractivity contribution is 7.98. The average molecular weight is 296 g/mol. The number of carbonyl (C=O) groups is 1. The van der Waals surface area contributed by atoms with Gasteiger partial charge < -0.3 is 0 Å². The maximum Gasteiger partial charge on any atom is 0.170 e. The van der Waals surface area contributed by atoms with Crippen LogP contribution >= 0.6 is 11.8 Å². The van der Waals surface area contributed by atoms with Crippen molar-refractivity contribution in [1.29, 1.82) is 0 Å². The number of benzene rings is 2. The average Bonchev–Trinajstić information content (AvgIpc) is 2.84. The Balaban J connectivity index is 1.97. The van der Waals surface area contributed by atoms with Crippen LogP contribution in [0.1, 0.15) is 16.1 Å². The number of aryl methyl sites for hydroxylation is 1. The number of carbonyl (C=O) groups excluding carboxylic acids is 1. The van der Waals surface area contributed by atoms with Gasteiger partial charge in [-0.15, -0.1) is 11.8 Å². The van der Waals surface area contributed by atoms with Crippen molar-refractivity contribution in [2.45, 2.75) is 11.3 Å². The number of ketones is 1. The van der Waals surface area contributed by atoms with Gasteiger partial charge in [0.15, 0.2) is 5.78 Å². The van der Waals surface area contributed by atoms with Crippen molar-refractivity contribution < 1.29 is 4.79 Å². The molecule has 0 aliphatic rings. The predicted molar refractivity (Wildman–Crippen MR) is 87.0 cm³/mol. The summed E-state index contributed by atoms with van der Waals surface area (Å²) in [6.07, 6.45) is 2.32. The van der Waals surface area contributed by atoms with Crippen LogP contribution in [0.4, 0.5) is 0 Å². The molecular weight excluding hydrogens is 280 g/mol. The number of rotatable bonds is 4. The van der Waals surface area contributed by atoms with Gasteiger partial charge in [-0.2, -0.15) is 5.10 Å². The largest absolute Gasteiger partial charge is 0.294 e. The molecule has 1 heterocycles. The van der Waals surface area contributed by atoms with Crippen molar-refractivity contribution in [3.8, 4) is 0 Å². The van der Waals surface area contributed by atoms with E-state index >= 15 is 0 Å². The molecule has 4 heteroatoms. The van der Waals surface area contributed by atoms with Gasteiger partial charge in [-0.25, -0.2) is 0 Å².